The number of nitrogens with two attached hydrogens (primary N) is 2. The van der Waals surface area contributed by atoms with E-state index in [9.17, 15) is 13.2 Å². The van der Waals surface area contributed by atoms with Crippen LogP contribution in [0.3, 0.4) is 0 Å². The van der Waals surface area contributed by atoms with E-state index in [-0.39, 0.29) is 35.9 Å². The van der Waals surface area contributed by atoms with Crippen LogP contribution < -0.4 is 31.9 Å². The summed E-state index contributed by atoms with van der Waals surface area (Å²) in [5.41, 5.74) is 12.0. The van der Waals surface area contributed by atoms with Crippen molar-refractivity contribution in [3.63, 3.8) is 0 Å². The molecule has 1 aromatic carbocycles. The van der Waals surface area contributed by atoms with Crippen LogP contribution >= 0.6 is 0 Å². The Balaban J connectivity index is 1.68. The minimum Gasteiger partial charge on any atom is -0.491 e. The third kappa shape index (κ3) is 4.95. The van der Waals surface area contributed by atoms with Crippen LogP contribution in [0.15, 0.2) is 29.5 Å². The van der Waals surface area contributed by atoms with Crippen LogP contribution in [0.1, 0.15) is 30.6 Å². The van der Waals surface area contributed by atoms with Crippen molar-refractivity contribution in [1.29, 1.82) is 0 Å². The number of fused-ring (bicyclic) bond motifs is 3. The van der Waals surface area contributed by atoms with Gasteiger partial charge >= 0.3 is 0 Å². The number of hydrogen-bond donors (Lipinski definition) is 3. The fourth-order valence-corrected chi connectivity index (χ4v) is 4.67. The lowest BCUT2D eigenvalue weighted by Gasteiger charge is -2.19. The molecule has 3 heterocycles. The number of carbonyl (C=O) groups is 1. The van der Waals surface area contributed by atoms with E-state index >= 15 is 0 Å². The smallest absolute Gasteiger partial charge is 0.283 e. The Bertz CT molecular complexity index is 1480. The van der Waals surface area contributed by atoms with E-state index in [1.807, 2.05) is 6.07 Å². The highest BCUT2D eigenvalue weighted by atomic mass is 32.2. The summed E-state index contributed by atoms with van der Waals surface area (Å²) in [5, 5.41) is 4.05. The number of nitrogen functional groups attached to an aromatic ring is 1. The van der Waals surface area contributed by atoms with Crippen molar-refractivity contribution in [2.45, 2.75) is 31.7 Å². The summed E-state index contributed by atoms with van der Waals surface area (Å²) in [6.45, 7) is 4.24. The minimum absolute atomic E-state index is 0.0523. The molecule has 0 bridgehead atoms. The maximum atomic E-state index is 12.7. The molecule has 3 aromatic rings. The zero-order valence-corrected chi connectivity index (χ0v) is 21.0. The second kappa shape index (κ2) is 9.70. The highest BCUT2D eigenvalue weighted by molar-refractivity contribution is 7.92. The van der Waals surface area contributed by atoms with E-state index in [0.29, 0.717) is 30.1 Å². The first-order valence-corrected chi connectivity index (χ1v) is 12.8. The molecule has 0 saturated heterocycles. The first-order chi connectivity index (χ1) is 17.0. The highest BCUT2D eigenvalue weighted by Crippen LogP contribution is 2.37. The van der Waals surface area contributed by atoms with Gasteiger partial charge < -0.3 is 26.3 Å². The van der Waals surface area contributed by atoms with Crippen molar-refractivity contribution in [1.82, 2.24) is 19.5 Å². The number of hydrogen-bond acceptors (Lipinski definition) is 11. The molecule has 4 rings (SSSR count). The maximum absolute atomic E-state index is 12.7. The summed E-state index contributed by atoms with van der Waals surface area (Å²) in [5.74, 6) is 0.829. The maximum Gasteiger partial charge on any atom is 0.283 e. The minimum atomic E-state index is -3.47. The molecule has 0 saturated carbocycles. The molecule has 0 spiro atoms. The van der Waals surface area contributed by atoms with Gasteiger partial charge in [-0.25, -0.2) is 23.4 Å². The number of anilines is 2. The van der Waals surface area contributed by atoms with Gasteiger partial charge in [-0.1, -0.05) is 0 Å². The Labute approximate surface area is 207 Å². The van der Waals surface area contributed by atoms with E-state index in [0.717, 1.165) is 11.2 Å². The second-order valence-electron chi connectivity index (χ2n) is 8.70. The summed E-state index contributed by atoms with van der Waals surface area (Å²) >= 11 is 0. The zero-order chi connectivity index (χ0) is 26.1. The molecule has 14 heteroatoms. The van der Waals surface area contributed by atoms with Crippen LogP contribution in [0.4, 0.5) is 11.8 Å². The Morgan fingerprint density at radius 2 is 2.00 bits per heavy atom. The van der Waals surface area contributed by atoms with E-state index in [1.54, 1.807) is 10.6 Å². The van der Waals surface area contributed by atoms with Gasteiger partial charge in [-0.15, -0.1) is 0 Å². The summed E-state index contributed by atoms with van der Waals surface area (Å²) in [4.78, 5) is 27.9. The summed E-state index contributed by atoms with van der Waals surface area (Å²) in [6, 6.07) is 3.56. The van der Waals surface area contributed by atoms with Gasteiger partial charge in [0.15, 0.2) is 21.3 Å². The van der Waals surface area contributed by atoms with Gasteiger partial charge in [-0.05, 0) is 32.4 Å². The van der Waals surface area contributed by atoms with Crippen LogP contribution in [0, 0.1) is 0 Å². The van der Waals surface area contributed by atoms with Gasteiger partial charge in [0, 0.05) is 30.9 Å². The first-order valence-electron chi connectivity index (χ1n) is 11.2. The quantitative estimate of drug-likeness (QED) is 0.353. The lowest BCUT2D eigenvalue weighted by molar-refractivity contribution is 0.0996. The van der Waals surface area contributed by atoms with Gasteiger partial charge in [0.05, 0.1) is 25.0 Å². The lowest BCUT2D eigenvalue weighted by atomic mass is 10.2. The topological polar surface area (TPSA) is 190 Å². The van der Waals surface area contributed by atoms with Crippen LogP contribution in [0.5, 0.6) is 11.5 Å². The summed E-state index contributed by atoms with van der Waals surface area (Å²) in [6.07, 6.45) is 2.85. The molecule has 1 aliphatic heterocycles. The third-order valence-electron chi connectivity index (χ3n) is 5.64. The number of aromatic nitrogens is 4. The summed E-state index contributed by atoms with van der Waals surface area (Å²) in [7, 11) is -1.99. The van der Waals surface area contributed by atoms with Gasteiger partial charge in [-0.2, -0.15) is 4.99 Å². The molecule has 1 amide bonds. The molecular weight excluding hydrogens is 488 g/mol. The molecule has 1 aliphatic rings. The fourth-order valence-electron chi connectivity index (χ4n) is 3.64. The largest absolute Gasteiger partial charge is 0.491 e. The fraction of sp³-hybridized carbons (Fsp3) is 0.409. The Kier molecular flexibility index (Phi) is 6.82. The zero-order valence-electron chi connectivity index (χ0n) is 20.2. The number of ether oxygens (including phenoxy) is 2. The van der Waals surface area contributed by atoms with Crippen molar-refractivity contribution in [3.05, 3.63) is 35.7 Å². The van der Waals surface area contributed by atoms with Crippen molar-refractivity contribution in [3.8, 4) is 11.5 Å². The van der Waals surface area contributed by atoms with Gasteiger partial charge in [0.1, 0.15) is 16.2 Å². The second-order valence-corrected chi connectivity index (χ2v) is 11.4. The molecule has 2 aromatic heterocycles. The third-order valence-corrected chi connectivity index (χ3v) is 8.07. The molecule has 0 fully saturated rings. The Morgan fingerprint density at radius 3 is 2.67 bits per heavy atom. The molecule has 0 aliphatic carbocycles. The van der Waals surface area contributed by atoms with Crippen LogP contribution in [-0.2, 0) is 16.4 Å². The van der Waals surface area contributed by atoms with Crippen molar-refractivity contribution in [2.24, 2.45) is 10.7 Å². The molecule has 0 atom stereocenters. The summed E-state index contributed by atoms with van der Waals surface area (Å²) < 4.78 is 37.7. The molecule has 0 unspecified atom stereocenters. The van der Waals surface area contributed by atoms with Gasteiger partial charge in [-0.3, -0.25) is 9.36 Å². The van der Waals surface area contributed by atoms with Crippen LogP contribution in [-0.4, -0.2) is 64.7 Å². The lowest BCUT2D eigenvalue weighted by Crippen LogP contribution is -2.43. The Morgan fingerprint density at radius 1 is 1.28 bits per heavy atom. The monoisotopic (exact) mass is 516 g/mol. The number of benzene rings is 1. The molecular formula is C22H28N8O5S. The van der Waals surface area contributed by atoms with Crippen molar-refractivity contribution >= 4 is 38.4 Å². The van der Waals surface area contributed by atoms with Crippen molar-refractivity contribution in [2.75, 3.05) is 37.1 Å². The van der Waals surface area contributed by atoms with E-state index in [4.69, 9.17) is 20.9 Å². The van der Waals surface area contributed by atoms with E-state index in [2.05, 4.69) is 25.3 Å². The van der Waals surface area contributed by atoms with Crippen molar-refractivity contribution < 1.29 is 22.7 Å². The van der Waals surface area contributed by atoms with Crippen LogP contribution in [0.25, 0.3) is 10.9 Å². The average molecular weight is 517 g/mol. The molecule has 192 valence electrons. The first kappa shape index (κ1) is 25.3. The molecule has 5 N–H and O–H groups in total. The number of rotatable bonds is 8. The van der Waals surface area contributed by atoms with E-state index in [1.165, 1.54) is 33.4 Å². The number of sulfone groups is 1. The number of nitrogens with zero attached hydrogens (tertiary/aromatic N) is 5. The standard InChI is InChI=1S/C22H28N8O5S/c1-22(2,24)36(32,33)10-4-9-35-15-6-5-14-16(17(15)34-3)28-21(30-8-7-25-18(14)30)29-19(31)13-11-26-20(23)27-12-13/h5-6,11-12,25H,4,7-10,24H2,1-3H3,(H2,23,26,27). The number of methoxy groups -OCH3 is 1. The van der Waals surface area contributed by atoms with Gasteiger partial charge in [0.2, 0.25) is 11.6 Å². The number of nitrogens with one attached hydrogen (secondary N) is 1. The molecule has 36 heavy (non-hydrogen) atoms. The molecule has 0 radical (unpaired) electrons. The SMILES string of the molecule is COc1c(OCCCS(=O)(=O)C(C)(C)N)ccc2c3n(c(=NC(=O)c4cnc(N)nc4)nc12)CCN3. The number of amides is 1. The number of carbonyl (C=O) groups excluding carboxylic acids is 1. The van der Waals surface area contributed by atoms with Gasteiger partial charge in [0.25, 0.3) is 5.91 Å². The predicted molar refractivity (Wildman–Crippen MR) is 133 cm³/mol. The predicted octanol–water partition coefficient (Wildman–Crippen LogP) is 0.462. The van der Waals surface area contributed by atoms with Crippen LogP contribution in [0.2, 0.25) is 0 Å². The normalized spacial score (nSPS) is 13.9. The van der Waals surface area contributed by atoms with E-state index < -0.39 is 20.6 Å². The average Bonchev–Trinajstić information content (AvgIpc) is 3.32. The highest BCUT2D eigenvalue weighted by Gasteiger charge is 2.29. The molecule has 13 nitrogen and oxygen atoms in total. The Hall–Kier alpha value is -3.78.